The van der Waals surface area contributed by atoms with Gasteiger partial charge in [-0.1, -0.05) is 6.07 Å². The van der Waals surface area contributed by atoms with E-state index in [1.165, 1.54) is 5.56 Å². The van der Waals surface area contributed by atoms with Crippen molar-refractivity contribution in [3.05, 3.63) is 23.9 Å². The van der Waals surface area contributed by atoms with Crippen LogP contribution >= 0.6 is 0 Å². The van der Waals surface area contributed by atoms with Gasteiger partial charge in [-0.05, 0) is 72.4 Å². The number of piperidine rings is 1. The molecule has 0 radical (unpaired) electrons. The number of guanidine groups is 1. The Kier molecular flexibility index (Phi) is 9.71. The summed E-state index contributed by atoms with van der Waals surface area (Å²) in [4.78, 5) is 14.3. The highest BCUT2D eigenvalue weighted by Crippen LogP contribution is 2.18. The van der Waals surface area contributed by atoms with Crippen LogP contribution in [0.2, 0.25) is 0 Å². The molecule has 1 aliphatic heterocycles. The van der Waals surface area contributed by atoms with Crippen LogP contribution in [0.4, 0.5) is 5.82 Å². The minimum absolute atomic E-state index is 0.470. The Morgan fingerprint density at radius 2 is 1.90 bits per heavy atom. The summed E-state index contributed by atoms with van der Waals surface area (Å²) in [5.74, 6) is 2.05. The third-order valence-electron chi connectivity index (χ3n) is 5.57. The van der Waals surface area contributed by atoms with Crippen molar-refractivity contribution in [2.75, 3.05) is 37.6 Å². The molecule has 0 unspecified atom stereocenters. The first-order valence-corrected chi connectivity index (χ1v) is 11.4. The molecule has 29 heavy (non-hydrogen) atoms. The molecule has 1 aromatic heterocycles. The van der Waals surface area contributed by atoms with Crippen molar-refractivity contribution in [1.29, 1.82) is 0 Å². The minimum atomic E-state index is 0.470. The fourth-order valence-electron chi connectivity index (χ4n) is 3.97. The highest BCUT2D eigenvalue weighted by Gasteiger charge is 2.21. The molecule has 0 bridgehead atoms. The maximum atomic E-state index is 4.83. The number of nitrogens with one attached hydrogen (secondary N) is 2. The summed E-state index contributed by atoms with van der Waals surface area (Å²) in [5, 5.41) is 7.06. The van der Waals surface area contributed by atoms with E-state index in [0.717, 1.165) is 63.8 Å². The van der Waals surface area contributed by atoms with Crippen LogP contribution in [0.5, 0.6) is 0 Å². The lowest BCUT2D eigenvalue weighted by molar-refractivity contribution is 0.174. The first-order valence-electron chi connectivity index (χ1n) is 11.4. The van der Waals surface area contributed by atoms with Crippen LogP contribution in [0.1, 0.15) is 59.4 Å². The molecule has 6 nitrogen and oxygen atoms in total. The predicted octanol–water partition coefficient (Wildman–Crippen LogP) is 3.42. The molecular weight excluding hydrogens is 360 g/mol. The standard InChI is InChI=1S/C23H42N6/c1-7-24-23(25-13-8-14-29(18(2)3)19(4)5)27-21-11-15-28(16-12-21)22-10-9-20(6)17-26-22/h9-10,17-19,21H,7-8,11-16H2,1-6H3,(H2,24,25,27). The maximum absolute atomic E-state index is 4.83. The number of pyridine rings is 1. The van der Waals surface area contributed by atoms with Gasteiger partial charge in [-0.25, -0.2) is 4.98 Å². The van der Waals surface area contributed by atoms with Gasteiger partial charge in [-0.2, -0.15) is 0 Å². The molecule has 2 N–H and O–H groups in total. The molecule has 1 fully saturated rings. The van der Waals surface area contributed by atoms with E-state index in [9.17, 15) is 0 Å². The maximum Gasteiger partial charge on any atom is 0.191 e. The Morgan fingerprint density at radius 1 is 1.21 bits per heavy atom. The molecule has 0 aromatic carbocycles. The molecule has 2 rings (SSSR count). The van der Waals surface area contributed by atoms with Gasteiger partial charge in [-0.15, -0.1) is 0 Å². The average molecular weight is 403 g/mol. The Hall–Kier alpha value is -1.82. The SMILES string of the molecule is CCNC(=NCCCN(C(C)C)C(C)C)NC1CCN(c2ccc(C)cn2)CC1. The number of hydrogen-bond acceptors (Lipinski definition) is 4. The van der Waals surface area contributed by atoms with Crippen molar-refractivity contribution in [3.63, 3.8) is 0 Å². The van der Waals surface area contributed by atoms with E-state index < -0.39 is 0 Å². The first-order chi connectivity index (χ1) is 13.9. The zero-order chi connectivity index (χ0) is 21.2. The summed E-state index contributed by atoms with van der Waals surface area (Å²) < 4.78 is 0. The molecular formula is C23H42N6. The van der Waals surface area contributed by atoms with Gasteiger partial charge in [0.25, 0.3) is 0 Å². The highest BCUT2D eigenvalue weighted by atomic mass is 15.2. The largest absolute Gasteiger partial charge is 0.357 e. The Bertz CT molecular complexity index is 594. The van der Waals surface area contributed by atoms with E-state index in [-0.39, 0.29) is 0 Å². The second kappa shape index (κ2) is 12.0. The summed E-state index contributed by atoms with van der Waals surface area (Å²) in [6.45, 7) is 18.2. The van der Waals surface area contributed by atoms with Crippen LogP contribution in [0.3, 0.4) is 0 Å². The molecule has 1 aromatic rings. The van der Waals surface area contributed by atoms with Crippen LogP contribution in [-0.4, -0.2) is 66.7 Å². The van der Waals surface area contributed by atoms with Crippen molar-refractivity contribution in [2.24, 2.45) is 4.99 Å². The lowest BCUT2D eigenvalue weighted by atomic mass is 10.1. The summed E-state index contributed by atoms with van der Waals surface area (Å²) >= 11 is 0. The van der Waals surface area contributed by atoms with E-state index in [2.05, 4.69) is 79.1 Å². The van der Waals surface area contributed by atoms with Gasteiger partial charge in [0, 0.05) is 57.0 Å². The van der Waals surface area contributed by atoms with Crippen molar-refractivity contribution in [2.45, 2.75) is 78.9 Å². The van der Waals surface area contributed by atoms with Crippen LogP contribution in [-0.2, 0) is 0 Å². The van der Waals surface area contributed by atoms with E-state index >= 15 is 0 Å². The zero-order valence-corrected chi connectivity index (χ0v) is 19.4. The van der Waals surface area contributed by atoms with Crippen LogP contribution in [0.15, 0.2) is 23.3 Å². The summed E-state index contributed by atoms with van der Waals surface area (Å²) in [6.07, 6.45) is 5.25. The quantitative estimate of drug-likeness (QED) is 0.377. The van der Waals surface area contributed by atoms with Crippen LogP contribution in [0.25, 0.3) is 0 Å². The Labute approximate surface area is 178 Å². The van der Waals surface area contributed by atoms with Gasteiger partial charge in [0.2, 0.25) is 0 Å². The number of aromatic nitrogens is 1. The highest BCUT2D eigenvalue weighted by molar-refractivity contribution is 5.80. The number of rotatable bonds is 9. The average Bonchev–Trinajstić information content (AvgIpc) is 2.68. The molecule has 0 spiro atoms. The lowest BCUT2D eigenvalue weighted by Gasteiger charge is -2.34. The van der Waals surface area contributed by atoms with Gasteiger partial charge >= 0.3 is 0 Å². The van der Waals surface area contributed by atoms with Crippen LogP contribution < -0.4 is 15.5 Å². The fraction of sp³-hybridized carbons (Fsp3) is 0.739. The van der Waals surface area contributed by atoms with E-state index in [1.54, 1.807) is 0 Å². The van der Waals surface area contributed by atoms with Crippen molar-refractivity contribution < 1.29 is 0 Å². The van der Waals surface area contributed by atoms with Crippen molar-refractivity contribution in [1.82, 2.24) is 20.5 Å². The molecule has 0 amide bonds. The number of aryl methyl sites for hydroxylation is 1. The van der Waals surface area contributed by atoms with Crippen LogP contribution in [0, 0.1) is 6.92 Å². The van der Waals surface area contributed by atoms with Crippen molar-refractivity contribution >= 4 is 11.8 Å². The molecule has 1 aliphatic rings. The van der Waals surface area contributed by atoms with E-state index in [1.807, 2.05) is 6.20 Å². The number of hydrogen-bond donors (Lipinski definition) is 2. The molecule has 1 saturated heterocycles. The van der Waals surface area contributed by atoms with E-state index in [0.29, 0.717) is 18.1 Å². The second-order valence-electron chi connectivity index (χ2n) is 8.64. The Balaban J connectivity index is 1.79. The summed E-state index contributed by atoms with van der Waals surface area (Å²) in [6, 6.07) is 5.91. The number of anilines is 1. The fourth-order valence-corrected chi connectivity index (χ4v) is 3.97. The molecule has 164 valence electrons. The minimum Gasteiger partial charge on any atom is -0.357 e. The second-order valence-corrected chi connectivity index (χ2v) is 8.64. The van der Waals surface area contributed by atoms with Gasteiger partial charge in [0.15, 0.2) is 5.96 Å². The van der Waals surface area contributed by atoms with Crippen molar-refractivity contribution in [3.8, 4) is 0 Å². The monoisotopic (exact) mass is 402 g/mol. The van der Waals surface area contributed by atoms with E-state index in [4.69, 9.17) is 4.99 Å². The van der Waals surface area contributed by atoms with Gasteiger partial charge in [0.05, 0.1) is 0 Å². The number of aliphatic imine (C=N–C) groups is 1. The summed E-state index contributed by atoms with van der Waals surface area (Å²) in [7, 11) is 0. The van der Waals surface area contributed by atoms with Gasteiger partial charge < -0.3 is 15.5 Å². The Morgan fingerprint density at radius 3 is 2.45 bits per heavy atom. The summed E-state index contributed by atoms with van der Waals surface area (Å²) in [5.41, 5.74) is 1.21. The van der Waals surface area contributed by atoms with Gasteiger partial charge in [-0.3, -0.25) is 9.89 Å². The zero-order valence-electron chi connectivity index (χ0n) is 19.4. The third kappa shape index (κ3) is 7.84. The molecule has 0 atom stereocenters. The normalized spacial score (nSPS) is 16.2. The first kappa shape index (κ1) is 23.5. The molecule has 6 heteroatoms. The molecule has 2 heterocycles. The molecule has 0 saturated carbocycles. The lowest BCUT2D eigenvalue weighted by Crippen LogP contribution is -2.49. The molecule has 0 aliphatic carbocycles. The topological polar surface area (TPSA) is 55.8 Å². The smallest absolute Gasteiger partial charge is 0.191 e. The van der Waals surface area contributed by atoms with Gasteiger partial charge in [0.1, 0.15) is 5.82 Å². The number of nitrogens with zero attached hydrogens (tertiary/aromatic N) is 4. The predicted molar refractivity (Wildman–Crippen MR) is 125 cm³/mol. The third-order valence-corrected chi connectivity index (χ3v) is 5.57.